The van der Waals surface area contributed by atoms with Crippen molar-refractivity contribution in [2.24, 2.45) is 0 Å². The van der Waals surface area contributed by atoms with Crippen LogP contribution in [-0.4, -0.2) is 16.0 Å². The van der Waals surface area contributed by atoms with E-state index in [0.717, 1.165) is 35.7 Å². The summed E-state index contributed by atoms with van der Waals surface area (Å²) >= 11 is 0. The lowest BCUT2D eigenvalue weighted by Gasteiger charge is -2.19. The third-order valence-electron chi connectivity index (χ3n) is 4.48. The molecule has 124 valence electrons. The van der Waals surface area contributed by atoms with Crippen molar-refractivity contribution < 1.29 is 0 Å². The average molecular weight is 311 g/mol. The van der Waals surface area contributed by atoms with Gasteiger partial charge in [0.1, 0.15) is 5.82 Å². The van der Waals surface area contributed by atoms with E-state index in [2.05, 4.69) is 59.0 Å². The van der Waals surface area contributed by atoms with E-state index in [-0.39, 0.29) is 0 Å². The molecule has 0 atom stereocenters. The molecule has 3 nitrogen and oxygen atoms in total. The highest BCUT2D eigenvalue weighted by atomic mass is 15.0. The summed E-state index contributed by atoms with van der Waals surface area (Å²) in [5.41, 5.74) is 8.00. The van der Waals surface area contributed by atoms with Gasteiger partial charge in [-0.2, -0.15) is 0 Å². The van der Waals surface area contributed by atoms with Crippen LogP contribution in [0.3, 0.4) is 0 Å². The van der Waals surface area contributed by atoms with Crippen LogP contribution in [0.4, 0.5) is 5.82 Å². The minimum Gasteiger partial charge on any atom is -0.366 e. The molecule has 0 saturated carbocycles. The van der Waals surface area contributed by atoms with Gasteiger partial charge >= 0.3 is 0 Å². The number of benzene rings is 1. The Morgan fingerprint density at radius 2 is 1.43 bits per heavy atom. The standard InChI is InChI=1S/C20H29N3/c1-8-17(9-2)23-20-16(7)21-19(15(6)22-20)18-13(4)10-12(3)11-14(18)5/h10-11,17H,8-9H2,1-7H3,(H,22,23). The maximum Gasteiger partial charge on any atom is 0.148 e. The third-order valence-corrected chi connectivity index (χ3v) is 4.48. The highest BCUT2D eigenvalue weighted by molar-refractivity contribution is 5.71. The number of anilines is 1. The van der Waals surface area contributed by atoms with Crippen LogP contribution in [0.5, 0.6) is 0 Å². The van der Waals surface area contributed by atoms with Gasteiger partial charge in [-0.25, -0.2) is 9.97 Å². The Bertz CT molecular complexity index is 677. The second-order valence-electron chi connectivity index (χ2n) is 6.52. The van der Waals surface area contributed by atoms with Crippen molar-refractivity contribution >= 4 is 5.82 Å². The number of hydrogen-bond acceptors (Lipinski definition) is 3. The molecule has 0 aliphatic rings. The highest BCUT2D eigenvalue weighted by Gasteiger charge is 2.15. The molecule has 2 rings (SSSR count). The SMILES string of the molecule is CCC(CC)Nc1nc(C)c(-c2c(C)cc(C)cc2C)nc1C. The zero-order valence-corrected chi connectivity index (χ0v) is 15.5. The van der Waals surface area contributed by atoms with Gasteiger partial charge in [0.15, 0.2) is 0 Å². The molecule has 0 bridgehead atoms. The van der Waals surface area contributed by atoms with Crippen molar-refractivity contribution in [3.63, 3.8) is 0 Å². The van der Waals surface area contributed by atoms with Gasteiger partial charge in [0.2, 0.25) is 0 Å². The smallest absolute Gasteiger partial charge is 0.148 e. The van der Waals surface area contributed by atoms with Gasteiger partial charge in [-0.15, -0.1) is 0 Å². The fourth-order valence-corrected chi connectivity index (χ4v) is 3.22. The van der Waals surface area contributed by atoms with Crippen LogP contribution >= 0.6 is 0 Å². The second-order valence-corrected chi connectivity index (χ2v) is 6.52. The molecule has 0 amide bonds. The Balaban J connectivity index is 2.49. The van der Waals surface area contributed by atoms with Crippen molar-refractivity contribution in [1.29, 1.82) is 0 Å². The van der Waals surface area contributed by atoms with E-state index in [1.807, 2.05) is 6.92 Å². The molecule has 2 aromatic rings. The Morgan fingerprint density at radius 3 is 1.96 bits per heavy atom. The Hall–Kier alpha value is -1.90. The van der Waals surface area contributed by atoms with E-state index in [9.17, 15) is 0 Å². The average Bonchev–Trinajstić information content (AvgIpc) is 2.48. The minimum atomic E-state index is 0.455. The fraction of sp³-hybridized carbons (Fsp3) is 0.500. The zero-order chi connectivity index (χ0) is 17.1. The van der Waals surface area contributed by atoms with Gasteiger partial charge in [-0.1, -0.05) is 31.5 Å². The summed E-state index contributed by atoms with van der Waals surface area (Å²) in [5.74, 6) is 0.919. The lowest BCUT2D eigenvalue weighted by atomic mass is 9.96. The third kappa shape index (κ3) is 3.72. The van der Waals surface area contributed by atoms with Crippen LogP contribution in [0, 0.1) is 34.6 Å². The summed E-state index contributed by atoms with van der Waals surface area (Å²) in [6.45, 7) is 14.9. The number of nitrogens with one attached hydrogen (secondary N) is 1. The maximum atomic E-state index is 4.89. The first-order valence-electron chi connectivity index (χ1n) is 8.57. The predicted molar refractivity (Wildman–Crippen MR) is 99.1 cm³/mol. The predicted octanol–water partition coefficient (Wildman–Crippen LogP) is 5.29. The summed E-state index contributed by atoms with van der Waals surface area (Å²) in [7, 11) is 0. The fourth-order valence-electron chi connectivity index (χ4n) is 3.22. The van der Waals surface area contributed by atoms with E-state index in [1.165, 1.54) is 22.3 Å². The Morgan fingerprint density at radius 1 is 0.870 bits per heavy atom. The van der Waals surface area contributed by atoms with Gasteiger partial charge in [0.05, 0.1) is 17.1 Å². The van der Waals surface area contributed by atoms with Gasteiger partial charge in [-0.3, -0.25) is 0 Å². The summed E-state index contributed by atoms with van der Waals surface area (Å²) in [4.78, 5) is 9.71. The van der Waals surface area contributed by atoms with E-state index >= 15 is 0 Å². The number of rotatable bonds is 5. The van der Waals surface area contributed by atoms with Crippen LogP contribution in [0.25, 0.3) is 11.3 Å². The van der Waals surface area contributed by atoms with Crippen molar-refractivity contribution in [3.8, 4) is 11.3 Å². The molecule has 0 unspecified atom stereocenters. The molecule has 1 aromatic heterocycles. The number of aryl methyl sites for hydroxylation is 5. The maximum absolute atomic E-state index is 4.89. The van der Waals surface area contributed by atoms with Crippen molar-refractivity contribution in [1.82, 2.24) is 9.97 Å². The largest absolute Gasteiger partial charge is 0.366 e. The molecule has 23 heavy (non-hydrogen) atoms. The molecular formula is C20H29N3. The van der Waals surface area contributed by atoms with Crippen LogP contribution in [0.2, 0.25) is 0 Å². The lowest BCUT2D eigenvalue weighted by Crippen LogP contribution is -2.19. The molecule has 0 radical (unpaired) electrons. The Labute approximate surface area is 140 Å². The Kier molecular flexibility index (Phi) is 5.40. The van der Waals surface area contributed by atoms with Crippen molar-refractivity contribution in [3.05, 3.63) is 40.2 Å². The van der Waals surface area contributed by atoms with Crippen molar-refractivity contribution in [2.75, 3.05) is 5.32 Å². The normalized spacial score (nSPS) is 11.1. The molecule has 0 aliphatic heterocycles. The monoisotopic (exact) mass is 311 g/mol. The molecule has 0 spiro atoms. The van der Waals surface area contributed by atoms with E-state index < -0.39 is 0 Å². The quantitative estimate of drug-likeness (QED) is 0.815. The molecule has 3 heteroatoms. The number of aromatic nitrogens is 2. The lowest BCUT2D eigenvalue weighted by molar-refractivity contribution is 0.666. The summed E-state index contributed by atoms with van der Waals surface area (Å²) in [6.07, 6.45) is 2.18. The van der Waals surface area contributed by atoms with Crippen LogP contribution in [-0.2, 0) is 0 Å². The molecule has 1 N–H and O–H groups in total. The van der Waals surface area contributed by atoms with Gasteiger partial charge in [0, 0.05) is 11.6 Å². The highest BCUT2D eigenvalue weighted by Crippen LogP contribution is 2.30. The van der Waals surface area contributed by atoms with Gasteiger partial charge in [0.25, 0.3) is 0 Å². The summed E-state index contributed by atoms with van der Waals surface area (Å²) in [5, 5.41) is 3.53. The molecule has 0 saturated heterocycles. The van der Waals surface area contributed by atoms with Crippen LogP contribution in [0.1, 0.15) is 54.8 Å². The summed E-state index contributed by atoms with van der Waals surface area (Å²) < 4.78 is 0. The zero-order valence-electron chi connectivity index (χ0n) is 15.5. The number of nitrogens with zero attached hydrogens (tertiary/aromatic N) is 2. The molecule has 0 fully saturated rings. The number of hydrogen-bond donors (Lipinski definition) is 1. The topological polar surface area (TPSA) is 37.8 Å². The van der Waals surface area contributed by atoms with E-state index in [4.69, 9.17) is 9.97 Å². The van der Waals surface area contributed by atoms with Crippen LogP contribution in [0.15, 0.2) is 12.1 Å². The second kappa shape index (κ2) is 7.12. The van der Waals surface area contributed by atoms with Crippen LogP contribution < -0.4 is 5.32 Å². The first kappa shape index (κ1) is 17.5. The van der Waals surface area contributed by atoms with Gasteiger partial charge < -0.3 is 5.32 Å². The van der Waals surface area contributed by atoms with E-state index in [0.29, 0.717) is 6.04 Å². The van der Waals surface area contributed by atoms with Crippen molar-refractivity contribution in [2.45, 2.75) is 67.3 Å². The first-order chi connectivity index (χ1) is 10.9. The molecule has 0 aliphatic carbocycles. The molecule has 1 aromatic carbocycles. The van der Waals surface area contributed by atoms with E-state index in [1.54, 1.807) is 0 Å². The minimum absolute atomic E-state index is 0.455. The molecular weight excluding hydrogens is 282 g/mol. The summed E-state index contributed by atoms with van der Waals surface area (Å²) in [6, 6.07) is 4.89. The van der Waals surface area contributed by atoms with Gasteiger partial charge in [-0.05, 0) is 58.6 Å². The molecule has 1 heterocycles. The first-order valence-corrected chi connectivity index (χ1v) is 8.57.